The lowest BCUT2D eigenvalue weighted by Crippen LogP contribution is -2.40. The third kappa shape index (κ3) is 5.29. The fourth-order valence-corrected chi connectivity index (χ4v) is 5.92. The number of nitrogens with one attached hydrogen (secondary N) is 1. The van der Waals surface area contributed by atoms with E-state index in [4.69, 9.17) is 4.98 Å². The van der Waals surface area contributed by atoms with Crippen LogP contribution in [0.15, 0.2) is 93.3 Å². The number of hydrogen-bond donors (Lipinski definition) is 1. The van der Waals surface area contributed by atoms with Gasteiger partial charge in [0.1, 0.15) is 0 Å². The topological polar surface area (TPSA) is 64.0 Å². The van der Waals surface area contributed by atoms with E-state index >= 15 is 0 Å². The quantitative estimate of drug-likeness (QED) is 0.198. The number of anilines is 1. The molecule has 37 heavy (non-hydrogen) atoms. The van der Waals surface area contributed by atoms with Crippen LogP contribution in [0.2, 0.25) is 0 Å². The van der Waals surface area contributed by atoms with Crippen molar-refractivity contribution in [2.75, 3.05) is 11.1 Å². The number of aromatic nitrogens is 2. The summed E-state index contributed by atoms with van der Waals surface area (Å²) in [7, 11) is 0. The van der Waals surface area contributed by atoms with Gasteiger partial charge >= 0.3 is 0 Å². The Bertz CT molecular complexity index is 1500. The summed E-state index contributed by atoms with van der Waals surface area (Å²) < 4.78 is 2.69. The highest BCUT2D eigenvalue weighted by atomic mass is 79.9. The van der Waals surface area contributed by atoms with E-state index in [2.05, 4.69) is 41.2 Å². The lowest BCUT2D eigenvalue weighted by atomic mass is 9.69. The standard InChI is InChI=1S/C30H28BrN3O2S/c1-3-30(2)17-21-11-7-8-12-24(21)27-26(30)28(36)34(18-20-9-5-4-6-10-20)29(33-27)37-19-25(35)32-23-15-13-22(31)14-16-23/h4-16H,3,17-19H2,1-2H3,(H,32,35). The molecule has 7 heteroatoms. The fourth-order valence-electron chi connectivity index (χ4n) is 4.87. The number of thioether (sulfide) groups is 1. The predicted octanol–water partition coefficient (Wildman–Crippen LogP) is 6.68. The molecule has 1 atom stereocenters. The SMILES string of the molecule is CCC1(C)Cc2ccccc2-c2nc(SCC(=O)Nc3ccc(Br)cc3)n(Cc3ccccc3)c(=O)c21. The summed E-state index contributed by atoms with van der Waals surface area (Å²) in [6.45, 7) is 4.70. The molecule has 1 aromatic heterocycles. The fraction of sp³-hybridized carbons (Fsp3) is 0.233. The maximum atomic E-state index is 14.2. The molecule has 3 aromatic carbocycles. The summed E-state index contributed by atoms with van der Waals surface area (Å²) in [5.41, 5.74) is 5.13. The van der Waals surface area contributed by atoms with Crippen molar-refractivity contribution < 1.29 is 4.79 Å². The molecule has 5 rings (SSSR count). The molecule has 1 amide bonds. The highest BCUT2D eigenvalue weighted by Crippen LogP contribution is 2.43. The number of fused-ring (bicyclic) bond motifs is 3. The summed E-state index contributed by atoms with van der Waals surface area (Å²) in [5, 5.41) is 3.48. The first kappa shape index (κ1) is 25.5. The van der Waals surface area contributed by atoms with Gasteiger partial charge in [0.05, 0.1) is 23.6 Å². The summed E-state index contributed by atoms with van der Waals surface area (Å²) in [5.74, 6) is -0.00711. The van der Waals surface area contributed by atoms with Crippen LogP contribution in [0, 0.1) is 0 Å². The molecule has 0 spiro atoms. The highest BCUT2D eigenvalue weighted by Gasteiger charge is 2.38. The lowest BCUT2D eigenvalue weighted by molar-refractivity contribution is -0.113. The molecule has 188 valence electrons. The zero-order valence-corrected chi connectivity index (χ0v) is 23.2. The summed E-state index contributed by atoms with van der Waals surface area (Å²) >= 11 is 4.71. The molecule has 1 N–H and O–H groups in total. The molecule has 0 bridgehead atoms. The van der Waals surface area contributed by atoms with Gasteiger partial charge in [-0.2, -0.15) is 0 Å². The van der Waals surface area contributed by atoms with Crippen LogP contribution < -0.4 is 10.9 Å². The average Bonchev–Trinajstić information content (AvgIpc) is 2.91. The van der Waals surface area contributed by atoms with Gasteiger partial charge in [-0.3, -0.25) is 14.2 Å². The average molecular weight is 575 g/mol. The van der Waals surface area contributed by atoms with E-state index in [0.29, 0.717) is 11.7 Å². The van der Waals surface area contributed by atoms with Gasteiger partial charge in [-0.15, -0.1) is 0 Å². The van der Waals surface area contributed by atoms with Crippen molar-refractivity contribution in [2.24, 2.45) is 0 Å². The Hall–Kier alpha value is -3.16. The number of rotatable bonds is 7. The number of carbonyl (C=O) groups is 1. The number of halogens is 1. The zero-order valence-electron chi connectivity index (χ0n) is 20.8. The molecule has 0 saturated heterocycles. The minimum Gasteiger partial charge on any atom is -0.325 e. The van der Waals surface area contributed by atoms with Gasteiger partial charge in [0, 0.05) is 21.1 Å². The molecule has 1 aliphatic rings. The summed E-state index contributed by atoms with van der Waals surface area (Å²) in [6, 6.07) is 25.6. The van der Waals surface area contributed by atoms with Crippen molar-refractivity contribution in [3.05, 3.63) is 110 Å². The maximum Gasteiger partial charge on any atom is 0.258 e. The van der Waals surface area contributed by atoms with Gasteiger partial charge in [-0.25, -0.2) is 4.98 Å². The van der Waals surface area contributed by atoms with Crippen LogP contribution in [-0.2, 0) is 23.2 Å². The third-order valence-electron chi connectivity index (χ3n) is 7.02. The number of nitrogens with zero attached hydrogens (tertiary/aromatic N) is 2. The Morgan fingerprint density at radius 1 is 1.05 bits per heavy atom. The maximum absolute atomic E-state index is 14.2. The van der Waals surface area contributed by atoms with E-state index in [9.17, 15) is 9.59 Å². The number of amides is 1. The molecule has 4 aromatic rings. The van der Waals surface area contributed by atoms with Crippen LogP contribution in [-0.4, -0.2) is 21.2 Å². The van der Waals surface area contributed by atoms with Crippen molar-refractivity contribution in [3.63, 3.8) is 0 Å². The smallest absolute Gasteiger partial charge is 0.258 e. The van der Waals surface area contributed by atoms with Crippen LogP contribution in [0.3, 0.4) is 0 Å². The van der Waals surface area contributed by atoms with Gasteiger partial charge in [0.2, 0.25) is 5.91 Å². The number of hydrogen-bond acceptors (Lipinski definition) is 4. The van der Waals surface area contributed by atoms with Crippen molar-refractivity contribution in [1.29, 1.82) is 0 Å². The molecular weight excluding hydrogens is 546 g/mol. The lowest BCUT2D eigenvalue weighted by Gasteiger charge is -2.36. The van der Waals surface area contributed by atoms with Crippen LogP contribution >= 0.6 is 27.7 Å². The first-order valence-corrected chi connectivity index (χ1v) is 14.1. The molecule has 1 unspecified atom stereocenters. The monoisotopic (exact) mass is 573 g/mol. The minimum atomic E-state index is -0.311. The second kappa shape index (κ2) is 10.7. The Kier molecular flexibility index (Phi) is 7.36. The molecule has 5 nitrogen and oxygen atoms in total. The molecule has 1 heterocycles. The highest BCUT2D eigenvalue weighted by molar-refractivity contribution is 9.10. The summed E-state index contributed by atoms with van der Waals surface area (Å²) in [6.07, 6.45) is 1.63. The molecule has 0 fully saturated rings. The Morgan fingerprint density at radius 2 is 1.76 bits per heavy atom. The van der Waals surface area contributed by atoms with Gasteiger partial charge in [0.15, 0.2) is 5.16 Å². The van der Waals surface area contributed by atoms with E-state index in [1.54, 1.807) is 4.57 Å². The summed E-state index contributed by atoms with van der Waals surface area (Å²) in [4.78, 5) is 32.1. The predicted molar refractivity (Wildman–Crippen MR) is 154 cm³/mol. The van der Waals surface area contributed by atoms with Crippen LogP contribution in [0.5, 0.6) is 0 Å². The van der Waals surface area contributed by atoms with Gasteiger partial charge < -0.3 is 5.32 Å². The van der Waals surface area contributed by atoms with E-state index in [-0.39, 0.29) is 22.6 Å². The van der Waals surface area contributed by atoms with Crippen molar-refractivity contribution >= 4 is 39.3 Å². The van der Waals surface area contributed by atoms with Gasteiger partial charge in [-0.05, 0) is 48.2 Å². The first-order chi connectivity index (χ1) is 17.9. The second-order valence-electron chi connectivity index (χ2n) is 9.59. The Labute approximate surface area is 229 Å². The zero-order chi connectivity index (χ0) is 26.0. The molecule has 0 saturated carbocycles. The van der Waals surface area contributed by atoms with Crippen molar-refractivity contribution in [1.82, 2.24) is 9.55 Å². The molecule has 0 radical (unpaired) electrons. The minimum absolute atomic E-state index is 0.0245. The third-order valence-corrected chi connectivity index (χ3v) is 8.52. The van der Waals surface area contributed by atoms with E-state index in [0.717, 1.165) is 45.4 Å². The normalized spacial score (nSPS) is 16.1. The van der Waals surface area contributed by atoms with E-state index in [1.807, 2.05) is 72.8 Å². The van der Waals surface area contributed by atoms with E-state index < -0.39 is 0 Å². The first-order valence-electron chi connectivity index (χ1n) is 12.3. The molecular formula is C30H28BrN3O2S. The van der Waals surface area contributed by atoms with Crippen molar-refractivity contribution in [2.45, 2.75) is 43.8 Å². The Balaban J connectivity index is 1.56. The van der Waals surface area contributed by atoms with Crippen LogP contribution in [0.4, 0.5) is 5.69 Å². The Morgan fingerprint density at radius 3 is 2.49 bits per heavy atom. The molecule has 0 aliphatic heterocycles. The second-order valence-corrected chi connectivity index (χ2v) is 11.4. The van der Waals surface area contributed by atoms with Crippen LogP contribution in [0.25, 0.3) is 11.3 Å². The molecule has 1 aliphatic carbocycles. The van der Waals surface area contributed by atoms with Gasteiger partial charge in [-0.1, -0.05) is 96.1 Å². The van der Waals surface area contributed by atoms with E-state index in [1.165, 1.54) is 17.3 Å². The number of benzene rings is 3. The largest absolute Gasteiger partial charge is 0.325 e. The van der Waals surface area contributed by atoms with Crippen molar-refractivity contribution in [3.8, 4) is 11.3 Å². The number of carbonyl (C=O) groups excluding carboxylic acids is 1. The van der Waals surface area contributed by atoms with Gasteiger partial charge in [0.25, 0.3) is 5.56 Å². The van der Waals surface area contributed by atoms with Crippen LogP contribution in [0.1, 0.15) is 37.0 Å².